The highest BCUT2D eigenvalue weighted by atomic mass is 16.5. The second-order valence-electron chi connectivity index (χ2n) is 9.42. The van der Waals surface area contributed by atoms with Crippen molar-refractivity contribution in [3.05, 3.63) is 84.0 Å². The number of aryl methyl sites for hydroxylation is 2. The lowest BCUT2D eigenvalue weighted by atomic mass is 9.89. The fraction of sp³-hybridized carbons (Fsp3) is 0.500. The Labute approximate surface area is 194 Å². The van der Waals surface area contributed by atoms with Crippen LogP contribution < -0.4 is 0 Å². The zero-order chi connectivity index (χ0) is 22.7. The van der Waals surface area contributed by atoms with Gasteiger partial charge in [0, 0.05) is 30.5 Å². The van der Waals surface area contributed by atoms with Crippen LogP contribution in [0.2, 0.25) is 0 Å². The average Bonchev–Trinajstić information content (AvgIpc) is 3.17. The number of likely N-dealkylation sites (N-methyl/N-ethyl adjacent to an activating group) is 1. The van der Waals surface area contributed by atoms with Gasteiger partial charge in [0.2, 0.25) is 0 Å². The molecule has 3 heterocycles. The highest BCUT2D eigenvalue weighted by Crippen LogP contribution is 2.41. The molecule has 4 nitrogen and oxygen atoms in total. The molecule has 0 bridgehead atoms. The van der Waals surface area contributed by atoms with Crippen molar-refractivity contribution in [2.45, 2.75) is 64.5 Å². The Hall–Kier alpha value is -2.46. The molecule has 2 atom stereocenters. The number of allylic oxidation sites excluding steroid dienone is 2. The molecule has 2 saturated heterocycles. The van der Waals surface area contributed by atoms with E-state index in [1.165, 1.54) is 35.4 Å². The van der Waals surface area contributed by atoms with Crippen molar-refractivity contribution in [2.75, 3.05) is 26.4 Å². The third-order valence-corrected chi connectivity index (χ3v) is 7.44. The summed E-state index contributed by atoms with van der Waals surface area (Å²) in [4.78, 5) is 7.24. The molecule has 2 unspecified atom stereocenters. The van der Waals surface area contributed by atoms with Crippen molar-refractivity contribution in [1.29, 1.82) is 0 Å². The fourth-order valence-corrected chi connectivity index (χ4v) is 5.70. The topological polar surface area (TPSA) is 19.0 Å². The molecule has 0 N–H and O–H groups in total. The van der Waals surface area contributed by atoms with Gasteiger partial charge in [-0.25, -0.2) is 0 Å². The second kappa shape index (κ2) is 9.58. The number of hydrogen-bond donors (Lipinski definition) is 0. The average molecular weight is 434 g/mol. The van der Waals surface area contributed by atoms with Gasteiger partial charge < -0.3 is 19.4 Å². The smallest absolute Gasteiger partial charge is 0.124 e. The molecule has 0 aromatic heterocycles. The summed E-state index contributed by atoms with van der Waals surface area (Å²) in [6, 6.07) is 9.27. The van der Waals surface area contributed by atoms with Gasteiger partial charge in [-0.05, 0) is 69.7 Å². The van der Waals surface area contributed by atoms with E-state index in [4.69, 9.17) is 4.74 Å². The van der Waals surface area contributed by atoms with Crippen LogP contribution in [-0.2, 0) is 11.2 Å². The van der Waals surface area contributed by atoms with Crippen molar-refractivity contribution in [1.82, 2.24) is 14.7 Å². The lowest BCUT2D eigenvalue weighted by molar-refractivity contribution is 0.0361. The number of benzene rings is 1. The van der Waals surface area contributed by atoms with Gasteiger partial charge in [-0.15, -0.1) is 0 Å². The molecule has 0 radical (unpaired) electrons. The zero-order valence-electron chi connectivity index (χ0n) is 20.1. The van der Waals surface area contributed by atoms with Crippen LogP contribution in [0, 0.1) is 6.92 Å². The molecule has 3 aliphatic rings. The Kier molecular flexibility index (Phi) is 6.80. The molecule has 0 aliphatic carbocycles. The van der Waals surface area contributed by atoms with E-state index in [1.807, 2.05) is 6.08 Å². The molecule has 1 aromatic rings. The summed E-state index contributed by atoms with van der Waals surface area (Å²) in [5.41, 5.74) is 5.15. The summed E-state index contributed by atoms with van der Waals surface area (Å²) in [5.74, 6) is 1.08. The maximum absolute atomic E-state index is 6.37. The van der Waals surface area contributed by atoms with E-state index in [-0.39, 0.29) is 5.54 Å². The Morgan fingerprint density at radius 1 is 1.28 bits per heavy atom. The summed E-state index contributed by atoms with van der Waals surface area (Å²) < 4.78 is 6.37. The minimum absolute atomic E-state index is 0.0371. The van der Waals surface area contributed by atoms with Crippen molar-refractivity contribution in [3.8, 4) is 0 Å². The van der Waals surface area contributed by atoms with Crippen LogP contribution in [-0.4, -0.2) is 52.7 Å². The maximum atomic E-state index is 6.37. The molecule has 0 amide bonds. The van der Waals surface area contributed by atoms with E-state index in [9.17, 15) is 0 Å². The first kappa shape index (κ1) is 22.7. The zero-order valence-corrected chi connectivity index (χ0v) is 20.1. The van der Waals surface area contributed by atoms with Crippen molar-refractivity contribution in [3.63, 3.8) is 0 Å². The Morgan fingerprint density at radius 3 is 2.84 bits per heavy atom. The van der Waals surface area contributed by atoms with Gasteiger partial charge in [0.15, 0.2) is 0 Å². The highest BCUT2D eigenvalue weighted by molar-refractivity contribution is 5.36. The van der Waals surface area contributed by atoms with E-state index >= 15 is 0 Å². The molecule has 2 fully saturated rings. The maximum Gasteiger partial charge on any atom is 0.124 e. The van der Waals surface area contributed by atoms with Crippen molar-refractivity contribution < 1.29 is 4.74 Å². The van der Waals surface area contributed by atoms with E-state index in [1.54, 1.807) is 0 Å². The summed E-state index contributed by atoms with van der Waals surface area (Å²) in [6.07, 6.45) is 12.2. The Bertz CT molecular complexity index is 917. The van der Waals surface area contributed by atoms with Gasteiger partial charge in [0.25, 0.3) is 0 Å². The first-order chi connectivity index (χ1) is 15.5. The van der Waals surface area contributed by atoms with E-state index in [0.29, 0.717) is 12.8 Å². The lowest BCUT2D eigenvalue weighted by Gasteiger charge is -2.42. The standard InChI is InChI=1S/C28H39N3O/c1-6-25-18-27(19-26(7-2)29(25)8-3)30-21-32-20-28(14-10-16-31(28)23(30)5)15-13-24-12-9-11-22(4)17-24/h6,9,11-12,17-19,26H,1,5,7-8,10,13-16,20-21H2,2-4H3. The third kappa shape index (κ3) is 4.25. The van der Waals surface area contributed by atoms with Gasteiger partial charge in [-0.1, -0.05) is 49.9 Å². The summed E-state index contributed by atoms with van der Waals surface area (Å²) in [6.45, 7) is 18.6. The second-order valence-corrected chi connectivity index (χ2v) is 9.42. The van der Waals surface area contributed by atoms with Crippen molar-refractivity contribution >= 4 is 0 Å². The van der Waals surface area contributed by atoms with E-state index < -0.39 is 0 Å². The fourth-order valence-electron chi connectivity index (χ4n) is 5.70. The SMILES string of the molecule is C=CC1=CC(N2COCC3(CCc4cccc(C)c4)CCCN3C2=C)=CC(CC)N1CC. The predicted octanol–water partition coefficient (Wildman–Crippen LogP) is 5.59. The lowest BCUT2D eigenvalue weighted by Crippen LogP contribution is -2.47. The van der Waals surface area contributed by atoms with E-state index in [0.717, 1.165) is 44.8 Å². The summed E-state index contributed by atoms with van der Waals surface area (Å²) >= 11 is 0. The Balaban J connectivity index is 1.57. The van der Waals surface area contributed by atoms with Crippen molar-refractivity contribution in [2.24, 2.45) is 0 Å². The van der Waals surface area contributed by atoms with Crippen LogP contribution in [0.25, 0.3) is 0 Å². The number of rotatable bonds is 7. The van der Waals surface area contributed by atoms with Crippen LogP contribution in [0.1, 0.15) is 50.7 Å². The summed E-state index contributed by atoms with van der Waals surface area (Å²) in [7, 11) is 0. The highest BCUT2D eigenvalue weighted by Gasteiger charge is 2.45. The molecule has 0 saturated carbocycles. The number of ether oxygens (including phenoxy) is 1. The molecule has 4 rings (SSSR count). The molecule has 4 heteroatoms. The quantitative estimate of drug-likeness (QED) is 0.558. The molecular formula is C28H39N3O. The predicted molar refractivity (Wildman–Crippen MR) is 133 cm³/mol. The molecule has 32 heavy (non-hydrogen) atoms. The first-order valence-electron chi connectivity index (χ1n) is 12.2. The Morgan fingerprint density at radius 2 is 2.12 bits per heavy atom. The summed E-state index contributed by atoms with van der Waals surface area (Å²) in [5, 5.41) is 0. The minimum Gasteiger partial charge on any atom is -0.365 e. The molecule has 172 valence electrons. The number of nitrogens with zero attached hydrogens (tertiary/aromatic N) is 3. The molecule has 3 aliphatic heterocycles. The monoisotopic (exact) mass is 433 g/mol. The van der Waals surface area contributed by atoms with Crippen LogP contribution >= 0.6 is 0 Å². The van der Waals surface area contributed by atoms with Crippen LogP contribution in [0.5, 0.6) is 0 Å². The van der Waals surface area contributed by atoms with Gasteiger partial charge in [-0.2, -0.15) is 0 Å². The van der Waals surface area contributed by atoms with Gasteiger partial charge in [0.1, 0.15) is 12.6 Å². The first-order valence-corrected chi connectivity index (χ1v) is 12.2. The molecular weight excluding hydrogens is 394 g/mol. The van der Waals surface area contributed by atoms with Gasteiger partial charge in [-0.3, -0.25) is 0 Å². The number of fused-ring (bicyclic) bond motifs is 1. The third-order valence-electron chi connectivity index (χ3n) is 7.44. The minimum atomic E-state index is 0.0371. The van der Waals surface area contributed by atoms with Crippen LogP contribution in [0.4, 0.5) is 0 Å². The molecule has 1 aromatic carbocycles. The normalized spacial score (nSPS) is 25.9. The molecule has 0 spiro atoms. The largest absolute Gasteiger partial charge is 0.365 e. The van der Waals surface area contributed by atoms with Crippen LogP contribution in [0.3, 0.4) is 0 Å². The number of hydrogen-bond acceptors (Lipinski definition) is 4. The van der Waals surface area contributed by atoms with E-state index in [2.05, 4.69) is 85.0 Å². The van der Waals surface area contributed by atoms with Gasteiger partial charge >= 0.3 is 0 Å². The van der Waals surface area contributed by atoms with Gasteiger partial charge in [0.05, 0.1) is 12.1 Å². The van der Waals surface area contributed by atoms with Crippen LogP contribution in [0.15, 0.2) is 72.9 Å².